The first kappa shape index (κ1) is 18.0. The molecule has 0 bridgehead atoms. The van der Waals surface area contributed by atoms with Crippen LogP contribution in [0.2, 0.25) is 5.02 Å². The van der Waals surface area contributed by atoms with Gasteiger partial charge in [0.25, 0.3) is 5.91 Å². The van der Waals surface area contributed by atoms with Crippen molar-refractivity contribution in [3.8, 4) is 0 Å². The van der Waals surface area contributed by atoms with Crippen molar-refractivity contribution in [2.24, 2.45) is 0 Å². The summed E-state index contributed by atoms with van der Waals surface area (Å²) in [5.41, 5.74) is -0.856. The zero-order chi connectivity index (χ0) is 16.9. The van der Waals surface area contributed by atoms with Crippen LogP contribution in [0.3, 0.4) is 0 Å². The van der Waals surface area contributed by atoms with Gasteiger partial charge in [0.05, 0.1) is 10.6 Å². The van der Waals surface area contributed by atoms with E-state index in [0.717, 1.165) is 0 Å². The summed E-state index contributed by atoms with van der Waals surface area (Å²) < 4.78 is 0. The molecule has 1 rings (SSSR count). The van der Waals surface area contributed by atoms with E-state index in [4.69, 9.17) is 11.6 Å². The van der Waals surface area contributed by atoms with E-state index < -0.39 is 17.4 Å². The molecular formula is C15H19ClN2O4. The zero-order valence-corrected chi connectivity index (χ0v) is 13.5. The lowest BCUT2D eigenvalue weighted by Gasteiger charge is -2.26. The predicted octanol–water partition coefficient (Wildman–Crippen LogP) is 2.67. The van der Waals surface area contributed by atoms with Gasteiger partial charge >= 0.3 is 5.97 Å². The number of anilines is 1. The van der Waals surface area contributed by atoms with Gasteiger partial charge in [-0.25, -0.2) is 4.79 Å². The minimum Gasteiger partial charge on any atom is -0.480 e. The Labute approximate surface area is 133 Å². The number of amides is 2. The fourth-order valence-electron chi connectivity index (χ4n) is 2.02. The van der Waals surface area contributed by atoms with E-state index >= 15 is 0 Å². The summed E-state index contributed by atoms with van der Waals surface area (Å²) in [5.74, 6) is -2.00. The van der Waals surface area contributed by atoms with Crippen molar-refractivity contribution in [3.63, 3.8) is 0 Å². The number of benzene rings is 1. The highest BCUT2D eigenvalue weighted by Gasteiger charge is 2.34. The lowest BCUT2D eigenvalue weighted by Crippen LogP contribution is -2.52. The molecule has 6 nitrogen and oxygen atoms in total. The standard InChI is InChI=1S/C15H19ClN2O4/c1-4-7-15(3,14(21)22)18-13(20)11-8-10(17-9(2)19)5-6-12(11)16/h5-6,8H,4,7H2,1-3H3,(H,17,19)(H,18,20)(H,21,22). The normalized spacial score (nSPS) is 13.1. The number of aliphatic carboxylic acids is 1. The third-order valence-electron chi connectivity index (χ3n) is 3.14. The first-order chi connectivity index (χ1) is 10.2. The van der Waals surface area contributed by atoms with Gasteiger partial charge in [0.15, 0.2) is 0 Å². The van der Waals surface area contributed by atoms with E-state index in [1.807, 2.05) is 6.92 Å². The smallest absolute Gasteiger partial charge is 0.329 e. The Morgan fingerprint density at radius 1 is 1.32 bits per heavy atom. The lowest BCUT2D eigenvalue weighted by atomic mass is 9.95. The Morgan fingerprint density at radius 3 is 2.45 bits per heavy atom. The fourth-order valence-corrected chi connectivity index (χ4v) is 2.22. The maximum atomic E-state index is 12.3. The highest BCUT2D eigenvalue weighted by Crippen LogP contribution is 2.22. The molecule has 120 valence electrons. The summed E-state index contributed by atoms with van der Waals surface area (Å²) in [4.78, 5) is 34.8. The lowest BCUT2D eigenvalue weighted by molar-refractivity contribution is -0.144. The molecule has 0 aliphatic heterocycles. The Hall–Kier alpha value is -2.08. The minimum absolute atomic E-state index is 0.108. The summed E-state index contributed by atoms with van der Waals surface area (Å²) in [6.07, 6.45) is 0.889. The SMILES string of the molecule is CCCC(C)(NC(=O)c1cc(NC(C)=O)ccc1Cl)C(=O)O. The van der Waals surface area contributed by atoms with Crippen LogP contribution in [0.15, 0.2) is 18.2 Å². The molecule has 1 aromatic rings. The third kappa shape index (κ3) is 4.46. The summed E-state index contributed by atoms with van der Waals surface area (Å²) in [6, 6.07) is 4.44. The minimum atomic E-state index is -1.38. The molecule has 3 N–H and O–H groups in total. The number of carbonyl (C=O) groups is 3. The monoisotopic (exact) mass is 326 g/mol. The van der Waals surface area contributed by atoms with Crippen LogP contribution in [0.5, 0.6) is 0 Å². The first-order valence-corrected chi connectivity index (χ1v) is 7.20. The second kappa shape index (κ2) is 7.26. The number of rotatable bonds is 6. The maximum absolute atomic E-state index is 12.3. The summed E-state index contributed by atoms with van der Waals surface area (Å²) in [5, 5.41) is 14.5. The maximum Gasteiger partial charge on any atom is 0.329 e. The van der Waals surface area contributed by atoms with Crippen molar-refractivity contribution in [2.75, 3.05) is 5.32 Å². The van der Waals surface area contributed by atoms with Crippen molar-refractivity contribution in [2.45, 2.75) is 39.2 Å². The molecule has 0 fully saturated rings. The van der Waals surface area contributed by atoms with Crippen molar-refractivity contribution < 1.29 is 19.5 Å². The topological polar surface area (TPSA) is 95.5 Å². The first-order valence-electron chi connectivity index (χ1n) is 6.82. The van der Waals surface area contributed by atoms with Crippen LogP contribution in [0.1, 0.15) is 44.0 Å². The molecular weight excluding hydrogens is 308 g/mol. The van der Waals surface area contributed by atoms with Crippen LogP contribution in [0.4, 0.5) is 5.69 Å². The van der Waals surface area contributed by atoms with E-state index in [1.54, 1.807) is 6.07 Å². The van der Waals surface area contributed by atoms with Crippen LogP contribution in [-0.4, -0.2) is 28.4 Å². The van der Waals surface area contributed by atoms with Gasteiger partial charge < -0.3 is 15.7 Å². The summed E-state index contributed by atoms with van der Waals surface area (Å²) >= 11 is 5.99. The van der Waals surface area contributed by atoms with Crippen molar-refractivity contribution in [1.82, 2.24) is 5.32 Å². The Balaban J connectivity index is 3.06. The van der Waals surface area contributed by atoms with E-state index in [1.165, 1.54) is 26.0 Å². The number of hydrogen-bond acceptors (Lipinski definition) is 3. The molecule has 0 aromatic heterocycles. The van der Waals surface area contributed by atoms with Crippen molar-refractivity contribution in [1.29, 1.82) is 0 Å². The molecule has 1 unspecified atom stereocenters. The molecule has 0 saturated carbocycles. The largest absolute Gasteiger partial charge is 0.480 e. The Morgan fingerprint density at radius 2 is 1.95 bits per heavy atom. The van der Waals surface area contributed by atoms with E-state index in [2.05, 4.69) is 10.6 Å². The fraction of sp³-hybridized carbons (Fsp3) is 0.400. The van der Waals surface area contributed by atoms with Gasteiger partial charge in [-0.05, 0) is 31.5 Å². The molecule has 0 radical (unpaired) electrons. The van der Waals surface area contributed by atoms with Crippen LogP contribution in [-0.2, 0) is 9.59 Å². The van der Waals surface area contributed by atoms with Gasteiger partial charge in [-0.3, -0.25) is 9.59 Å². The number of carboxylic acids is 1. The van der Waals surface area contributed by atoms with Crippen LogP contribution < -0.4 is 10.6 Å². The average Bonchev–Trinajstić information content (AvgIpc) is 2.40. The highest BCUT2D eigenvalue weighted by atomic mass is 35.5. The van der Waals surface area contributed by atoms with Gasteiger partial charge in [0, 0.05) is 12.6 Å². The second-order valence-corrected chi connectivity index (χ2v) is 5.62. The van der Waals surface area contributed by atoms with Gasteiger partial charge in [0.1, 0.15) is 5.54 Å². The number of nitrogens with one attached hydrogen (secondary N) is 2. The molecule has 0 saturated heterocycles. The number of halogens is 1. The van der Waals surface area contributed by atoms with Crippen LogP contribution in [0, 0.1) is 0 Å². The van der Waals surface area contributed by atoms with Gasteiger partial charge in [-0.2, -0.15) is 0 Å². The van der Waals surface area contributed by atoms with E-state index in [-0.39, 0.29) is 22.9 Å². The number of carbonyl (C=O) groups excluding carboxylic acids is 2. The Bertz CT molecular complexity index is 603. The van der Waals surface area contributed by atoms with E-state index in [9.17, 15) is 19.5 Å². The van der Waals surface area contributed by atoms with Crippen molar-refractivity contribution >= 4 is 35.1 Å². The molecule has 0 spiro atoms. The second-order valence-electron chi connectivity index (χ2n) is 5.22. The molecule has 22 heavy (non-hydrogen) atoms. The molecule has 1 atom stereocenters. The average molecular weight is 327 g/mol. The molecule has 1 aromatic carbocycles. The molecule has 2 amide bonds. The number of carboxylic acid groups (broad SMARTS) is 1. The van der Waals surface area contributed by atoms with Gasteiger partial charge in [-0.1, -0.05) is 24.9 Å². The van der Waals surface area contributed by atoms with E-state index in [0.29, 0.717) is 12.1 Å². The summed E-state index contributed by atoms with van der Waals surface area (Å²) in [6.45, 7) is 4.62. The van der Waals surface area contributed by atoms with Crippen molar-refractivity contribution in [3.05, 3.63) is 28.8 Å². The predicted molar refractivity (Wildman–Crippen MR) is 84.2 cm³/mol. The third-order valence-corrected chi connectivity index (χ3v) is 3.47. The van der Waals surface area contributed by atoms with Crippen LogP contribution >= 0.6 is 11.6 Å². The van der Waals surface area contributed by atoms with Crippen LogP contribution in [0.25, 0.3) is 0 Å². The van der Waals surface area contributed by atoms with Gasteiger partial charge in [0.2, 0.25) is 5.91 Å². The molecule has 7 heteroatoms. The summed E-state index contributed by atoms with van der Waals surface area (Å²) in [7, 11) is 0. The molecule has 0 aliphatic carbocycles. The molecule has 0 heterocycles. The molecule has 0 aliphatic rings. The highest BCUT2D eigenvalue weighted by molar-refractivity contribution is 6.34. The van der Waals surface area contributed by atoms with Gasteiger partial charge in [-0.15, -0.1) is 0 Å². The zero-order valence-electron chi connectivity index (χ0n) is 12.7. The number of hydrogen-bond donors (Lipinski definition) is 3. The quantitative estimate of drug-likeness (QED) is 0.749. The Kier molecular flexibility index (Phi) is 5.93.